The van der Waals surface area contributed by atoms with Crippen LogP contribution < -0.4 is 10.2 Å². The fourth-order valence-corrected chi connectivity index (χ4v) is 3.32. The van der Waals surface area contributed by atoms with Crippen LogP contribution in [-0.2, 0) is 15.9 Å². The Morgan fingerprint density at radius 2 is 1.67 bits per heavy atom. The molecule has 1 aliphatic rings. The minimum Gasteiger partial charge on any atom is -0.497 e. The van der Waals surface area contributed by atoms with Crippen molar-refractivity contribution in [2.24, 2.45) is 0 Å². The van der Waals surface area contributed by atoms with Gasteiger partial charge in [-0.3, -0.25) is 0 Å². The van der Waals surface area contributed by atoms with Crippen LogP contribution in [0.2, 0.25) is 0 Å². The summed E-state index contributed by atoms with van der Waals surface area (Å²) < 4.78 is 19.8. The molecule has 0 aliphatic carbocycles. The molecule has 1 aliphatic heterocycles. The molecule has 2 aromatic carbocycles. The molecule has 5 nitrogen and oxygen atoms in total. The maximum Gasteiger partial charge on any atom is 0.497 e. The first-order valence-electron chi connectivity index (χ1n) is 9.23. The molecule has 3 aromatic rings. The van der Waals surface area contributed by atoms with E-state index in [2.05, 4.69) is 55.4 Å². The Morgan fingerprint density at radius 1 is 1.00 bits per heavy atom. The fourth-order valence-electron chi connectivity index (χ4n) is 3.32. The number of fused-ring (bicyclic) bond motifs is 1. The maximum atomic E-state index is 6.23. The predicted octanol–water partition coefficient (Wildman–Crippen LogP) is 3.39. The van der Waals surface area contributed by atoms with Crippen molar-refractivity contribution < 1.29 is 14.0 Å². The molecule has 1 fully saturated rings. The molecule has 4 rings (SSSR count). The molecule has 140 valence electrons. The molecule has 0 unspecified atom stereocenters. The van der Waals surface area contributed by atoms with Gasteiger partial charge in [-0.25, -0.2) is 4.98 Å². The third kappa shape index (κ3) is 3.13. The molecule has 1 aromatic heterocycles. The lowest BCUT2D eigenvalue weighted by Crippen LogP contribution is -2.41. The highest BCUT2D eigenvalue weighted by Gasteiger charge is 2.52. The Kier molecular flexibility index (Phi) is 4.28. The molecule has 0 atom stereocenters. The first-order valence-corrected chi connectivity index (χ1v) is 9.23. The van der Waals surface area contributed by atoms with E-state index >= 15 is 0 Å². The van der Waals surface area contributed by atoms with Crippen molar-refractivity contribution in [2.45, 2.75) is 45.4 Å². The Balaban J connectivity index is 1.66. The summed E-state index contributed by atoms with van der Waals surface area (Å²) in [7, 11) is 1.26. The zero-order chi connectivity index (χ0) is 19.2. The van der Waals surface area contributed by atoms with Gasteiger partial charge in [-0.2, -0.15) is 0 Å². The predicted molar refractivity (Wildman–Crippen MR) is 108 cm³/mol. The lowest BCUT2D eigenvalue weighted by atomic mass is 9.78. The number of aromatic nitrogens is 2. The van der Waals surface area contributed by atoms with Crippen molar-refractivity contribution in [3.05, 3.63) is 54.4 Å². The third-order valence-corrected chi connectivity index (χ3v) is 5.70. The van der Waals surface area contributed by atoms with Crippen LogP contribution in [0.4, 0.5) is 0 Å². The van der Waals surface area contributed by atoms with Crippen LogP contribution in [0.25, 0.3) is 11.0 Å². The van der Waals surface area contributed by atoms with Gasteiger partial charge in [-0.15, -0.1) is 0 Å². The minimum absolute atomic E-state index is 0.370. The molecule has 27 heavy (non-hydrogen) atoms. The van der Waals surface area contributed by atoms with E-state index in [0.717, 1.165) is 28.8 Å². The standard InChI is InChI=1S/C21H25BN2O3/c1-20(2)21(3,4)27-22(26-20)17-7-6-8-18-19(17)23-14-24(18)13-15-9-11-16(25-5)12-10-15/h6-12,14H,13H2,1-5H3. The van der Waals surface area contributed by atoms with Gasteiger partial charge >= 0.3 is 7.12 Å². The van der Waals surface area contributed by atoms with Crippen LogP contribution in [0, 0.1) is 0 Å². The molecule has 0 amide bonds. The number of para-hydroxylation sites is 1. The smallest absolute Gasteiger partial charge is 0.497 e. The highest BCUT2D eigenvalue weighted by atomic mass is 16.7. The van der Waals surface area contributed by atoms with Crippen LogP contribution in [0.3, 0.4) is 0 Å². The summed E-state index contributed by atoms with van der Waals surface area (Å²) in [5, 5.41) is 0. The van der Waals surface area contributed by atoms with Gasteiger partial charge in [0.2, 0.25) is 0 Å². The molecule has 0 radical (unpaired) electrons. The number of ether oxygens (including phenoxy) is 1. The molecular formula is C21H25BN2O3. The van der Waals surface area contributed by atoms with Gasteiger partial charge in [-0.05, 0) is 51.5 Å². The van der Waals surface area contributed by atoms with Crippen molar-refractivity contribution in [1.29, 1.82) is 0 Å². The molecule has 1 saturated heterocycles. The summed E-state index contributed by atoms with van der Waals surface area (Å²) in [4.78, 5) is 4.67. The summed E-state index contributed by atoms with van der Waals surface area (Å²) in [5.74, 6) is 0.859. The van der Waals surface area contributed by atoms with Gasteiger partial charge in [0, 0.05) is 12.0 Å². The normalized spacial score (nSPS) is 18.2. The number of hydrogen-bond acceptors (Lipinski definition) is 4. The van der Waals surface area contributed by atoms with E-state index in [1.807, 2.05) is 30.6 Å². The number of rotatable bonds is 4. The second-order valence-electron chi connectivity index (χ2n) is 8.02. The summed E-state index contributed by atoms with van der Waals surface area (Å²) in [6.45, 7) is 9.00. The Bertz CT molecular complexity index is 947. The van der Waals surface area contributed by atoms with Gasteiger partial charge in [-0.1, -0.05) is 24.3 Å². The van der Waals surface area contributed by atoms with Gasteiger partial charge in [0.05, 0.1) is 35.7 Å². The Morgan fingerprint density at radius 3 is 2.30 bits per heavy atom. The van der Waals surface area contributed by atoms with Gasteiger partial charge < -0.3 is 18.6 Å². The van der Waals surface area contributed by atoms with Crippen molar-refractivity contribution in [2.75, 3.05) is 7.11 Å². The monoisotopic (exact) mass is 364 g/mol. The lowest BCUT2D eigenvalue weighted by Gasteiger charge is -2.32. The van der Waals surface area contributed by atoms with Crippen molar-refractivity contribution in [1.82, 2.24) is 9.55 Å². The Hall–Kier alpha value is -2.31. The van der Waals surface area contributed by atoms with Crippen LogP contribution in [-0.4, -0.2) is 35.0 Å². The van der Waals surface area contributed by atoms with E-state index in [1.165, 1.54) is 5.56 Å². The average molecular weight is 364 g/mol. The summed E-state index contributed by atoms with van der Waals surface area (Å²) >= 11 is 0. The molecule has 0 bridgehead atoms. The molecule has 0 N–H and O–H groups in total. The molecule has 0 spiro atoms. The second kappa shape index (κ2) is 6.39. The van der Waals surface area contributed by atoms with Crippen molar-refractivity contribution in [3.8, 4) is 5.75 Å². The van der Waals surface area contributed by atoms with Gasteiger partial charge in [0.15, 0.2) is 0 Å². The Labute approximate surface area is 160 Å². The SMILES string of the molecule is COc1ccc(Cn2cnc3c(B4OC(C)(C)C(C)(C)O4)cccc32)cc1. The van der Waals surface area contributed by atoms with Crippen LogP contribution >= 0.6 is 0 Å². The van der Waals surface area contributed by atoms with Crippen LogP contribution in [0.5, 0.6) is 5.75 Å². The van der Waals surface area contributed by atoms with Gasteiger partial charge in [0.1, 0.15) is 5.75 Å². The summed E-state index contributed by atoms with van der Waals surface area (Å²) in [6, 6.07) is 14.3. The molecule has 2 heterocycles. The number of imidazole rings is 1. The minimum atomic E-state index is -0.414. The highest BCUT2D eigenvalue weighted by molar-refractivity contribution is 6.64. The van der Waals surface area contributed by atoms with Gasteiger partial charge in [0.25, 0.3) is 0 Å². The molecule has 0 saturated carbocycles. The zero-order valence-corrected chi connectivity index (χ0v) is 16.5. The quantitative estimate of drug-likeness (QED) is 0.666. The van der Waals surface area contributed by atoms with Crippen molar-refractivity contribution in [3.63, 3.8) is 0 Å². The highest BCUT2D eigenvalue weighted by Crippen LogP contribution is 2.36. The maximum absolute atomic E-state index is 6.23. The number of nitrogens with zero attached hydrogens (tertiary/aromatic N) is 2. The summed E-state index contributed by atoms with van der Waals surface area (Å²) in [5.41, 5.74) is 3.41. The topological polar surface area (TPSA) is 45.5 Å². The van der Waals surface area contributed by atoms with E-state index in [0.29, 0.717) is 0 Å². The molecular weight excluding hydrogens is 339 g/mol. The van der Waals surface area contributed by atoms with Crippen LogP contribution in [0.15, 0.2) is 48.8 Å². The average Bonchev–Trinajstić information content (AvgIpc) is 3.13. The zero-order valence-electron chi connectivity index (χ0n) is 16.5. The van der Waals surface area contributed by atoms with E-state index in [9.17, 15) is 0 Å². The third-order valence-electron chi connectivity index (χ3n) is 5.70. The summed E-state index contributed by atoms with van der Waals surface area (Å²) in [6.07, 6.45) is 1.88. The largest absolute Gasteiger partial charge is 0.497 e. The number of methoxy groups -OCH3 is 1. The second-order valence-corrected chi connectivity index (χ2v) is 8.02. The first-order chi connectivity index (χ1) is 12.8. The lowest BCUT2D eigenvalue weighted by molar-refractivity contribution is 0.00578. The first kappa shape index (κ1) is 18.1. The van der Waals surface area contributed by atoms with E-state index in [4.69, 9.17) is 14.0 Å². The molecule has 6 heteroatoms. The van der Waals surface area contributed by atoms with Crippen molar-refractivity contribution >= 4 is 23.6 Å². The number of benzene rings is 2. The van der Waals surface area contributed by atoms with E-state index in [1.54, 1.807) is 7.11 Å². The fraction of sp³-hybridized carbons (Fsp3) is 0.381. The van der Waals surface area contributed by atoms with E-state index < -0.39 is 7.12 Å². The number of hydrogen-bond donors (Lipinski definition) is 0. The van der Waals surface area contributed by atoms with Crippen LogP contribution in [0.1, 0.15) is 33.3 Å². The van der Waals surface area contributed by atoms with E-state index in [-0.39, 0.29) is 11.2 Å².